The Kier molecular flexibility index (Phi) is 5.43. The Bertz CT molecular complexity index is 1110. The molecule has 3 aliphatic rings. The summed E-state index contributed by atoms with van der Waals surface area (Å²) in [6.07, 6.45) is -1.28. The summed E-state index contributed by atoms with van der Waals surface area (Å²) < 4.78 is 10.2. The lowest BCUT2D eigenvalue weighted by molar-refractivity contribution is -0.173. The molecule has 2 N–H and O–H groups in total. The quantitative estimate of drug-likeness (QED) is 0.481. The van der Waals surface area contributed by atoms with Crippen molar-refractivity contribution in [3.63, 3.8) is 0 Å². The first kappa shape index (κ1) is 21.6. The van der Waals surface area contributed by atoms with Gasteiger partial charge < -0.3 is 14.6 Å². The van der Waals surface area contributed by atoms with E-state index in [1.165, 1.54) is 11.8 Å². The molecule has 2 saturated heterocycles. The Morgan fingerprint density at radius 1 is 1.09 bits per heavy atom. The lowest BCUT2D eigenvalue weighted by Gasteiger charge is -2.50. The summed E-state index contributed by atoms with van der Waals surface area (Å²) in [5.74, 6) is -2.63. The Balaban J connectivity index is 1.41. The van der Waals surface area contributed by atoms with E-state index in [-0.39, 0.29) is 30.8 Å². The van der Waals surface area contributed by atoms with Crippen molar-refractivity contribution in [2.75, 3.05) is 6.61 Å². The van der Waals surface area contributed by atoms with Gasteiger partial charge in [-0.05, 0) is 17.7 Å². The number of hydrogen-bond acceptors (Lipinski definition) is 8. The number of hydrogen-bond donors (Lipinski definition) is 2. The lowest BCUT2D eigenvalue weighted by atomic mass is 9.92. The number of carboxylic acid groups (broad SMARTS) is 1. The number of thioether (sulfide) groups is 1. The molecule has 3 heterocycles. The number of imide groups is 1. The standard InChI is InChI=1S/C23H20N2O7S/c26-17(27)10-16-24-18(21(30)31-11-13-6-2-1-3-7-13)23(33-16)12-32-22(23)25-19(28)14-8-4-5-9-15(14)20(25)29/h1-9,16,18,22,24H,10-12H2,(H,26,27). The molecule has 5 rings (SSSR count). The third-order valence-corrected chi connectivity index (χ3v) is 7.55. The number of carbonyl (C=O) groups excluding carboxylic acids is 3. The van der Waals surface area contributed by atoms with E-state index < -0.39 is 46.1 Å². The van der Waals surface area contributed by atoms with Gasteiger partial charge in [0.05, 0.1) is 29.5 Å². The van der Waals surface area contributed by atoms with Gasteiger partial charge in [0.2, 0.25) is 0 Å². The fraction of sp³-hybridized carbons (Fsp3) is 0.304. The van der Waals surface area contributed by atoms with E-state index in [9.17, 15) is 24.3 Å². The molecule has 4 unspecified atom stereocenters. The lowest BCUT2D eigenvalue weighted by Crippen LogP contribution is -2.71. The van der Waals surface area contributed by atoms with Crippen LogP contribution in [-0.2, 0) is 25.7 Å². The number of fused-ring (bicyclic) bond motifs is 1. The maximum absolute atomic E-state index is 13.1. The number of rotatable bonds is 6. The Morgan fingerprint density at radius 3 is 2.30 bits per heavy atom. The minimum absolute atomic E-state index is 0.0424. The molecule has 0 saturated carbocycles. The molecule has 2 aromatic carbocycles. The van der Waals surface area contributed by atoms with Crippen LogP contribution in [0.25, 0.3) is 0 Å². The predicted molar refractivity (Wildman–Crippen MR) is 116 cm³/mol. The zero-order valence-electron chi connectivity index (χ0n) is 17.3. The van der Waals surface area contributed by atoms with Crippen LogP contribution >= 0.6 is 11.8 Å². The first-order valence-electron chi connectivity index (χ1n) is 10.4. The Morgan fingerprint density at radius 2 is 1.73 bits per heavy atom. The fourth-order valence-electron chi connectivity index (χ4n) is 4.39. The molecular weight excluding hydrogens is 448 g/mol. The molecule has 10 heteroatoms. The van der Waals surface area contributed by atoms with Crippen LogP contribution in [0.2, 0.25) is 0 Å². The van der Waals surface area contributed by atoms with Crippen LogP contribution in [0.4, 0.5) is 0 Å². The van der Waals surface area contributed by atoms with E-state index >= 15 is 0 Å². The van der Waals surface area contributed by atoms with Crippen LogP contribution in [0.5, 0.6) is 0 Å². The van der Waals surface area contributed by atoms with Gasteiger partial charge in [-0.3, -0.25) is 24.5 Å². The van der Waals surface area contributed by atoms with Gasteiger partial charge in [-0.15, -0.1) is 11.8 Å². The number of ether oxygens (including phenoxy) is 2. The number of nitrogens with zero attached hydrogens (tertiary/aromatic N) is 1. The van der Waals surface area contributed by atoms with Crippen molar-refractivity contribution >= 4 is 35.5 Å². The number of aliphatic carboxylic acids is 1. The molecule has 3 aliphatic heterocycles. The van der Waals surface area contributed by atoms with Crippen molar-refractivity contribution in [2.45, 2.75) is 35.4 Å². The average Bonchev–Trinajstić information content (AvgIpc) is 3.31. The number of nitrogens with one attached hydrogen (secondary N) is 1. The van der Waals surface area contributed by atoms with Gasteiger partial charge in [0.15, 0.2) is 6.23 Å². The van der Waals surface area contributed by atoms with Crippen molar-refractivity contribution in [2.24, 2.45) is 0 Å². The summed E-state index contributed by atoms with van der Waals surface area (Å²) in [6.45, 7) is 0.102. The van der Waals surface area contributed by atoms with Crippen molar-refractivity contribution in [1.82, 2.24) is 10.2 Å². The van der Waals surface area contributed by atoms with Gasteiger partial charge in [0.1, 0.15) is 17.4 Å². The largest absolute Gasteiger partial charge is 0.481 e. The second kappa shape index (κ2) is 8.29. The summed E-state index contributed by atoms with van der Waals surface area (Å²) in [7, 11) is 0. The highest BCUT2D eigenvalue weighted by Crippen LogP contribution is 2.51. The first-order chi connectivity index (χ1) is 15.9. The van der Waals surface area contributed by atoms with Crippen LogP contribution in [0.3, 0.4) is 0 Å². The van der Waals surface area contributed by atoms with E-state index in [1.807, 2.05) is 30.3 Å². The van der Waals surface area contributed by atoms with Gasteiger partial charge in [0.25, 0.3) is 11.8 Å². The molecule has 0 aromatic heterocycles. The topological polar surface area (TPSA) is 122 Å². The van der Waals surface area contributed by atoms with Gasteiger partial charge in [-0.2, -0.15) is 0 Å². The number of carboxylic acids is 1. The van der Waals surface area contributed by atoms with Gasteiger partial charge >= 0.3 is 11.9 Å². The molecule has 1 spiro atoms. The molecule has 2 aromatic rings. The summed E-state index contributed by atoms with van der Waals surface area (Å²) in [6, 6.07) is 14.7. The van der Waals surface area contributed by atoms with Crippen molar-refractivity contribution < 1.29 is 33.8 Å². The van der Waals surface area contributed by atoms with Crippen molar-refractivity contribution in [3.05, 3.63) is 71.3 Å². The maximum Gasteiger partial charge on any atom is 0.325 e. The van der Waals surface area contributed by atoms with Gasteiger partial charge in [-0.1, -0.05) is 42.5 Å². The molecule has 0 aliphatic carbocycles. The van der Waals surface area contributed by atoms with E-state index in [0.717, 1.165) is 10.5 Å². The summed E-state index contributed by atoms with van der Waals surface area (Å²) >= 11 is 1.20. The number of amides is 2. The summed E-state index contributed by atoms with van der Waals surface area (Å²) in [5.41, 5.74) is 1.35. The van der Waals surface area contributed by atoms with Crippen LogP contribution < -0.4 is 5.32 Å². The van der Waals surface area contributed by atoms with Gasteiger partial charge in [-0.25, -0.2) is 4.90 Å². The minimum atomic E-state index is -1.05. The van der Waals surface area contributed by atoms with E-state index in [0.29, 0.717) is 0 Å². The molecule has 9 nitrogen and oxygen atoms in total. The molecule has 33 heavy (non-hydrogen) atoms. The Hall–Kier alpha value is -3.21. The van der Waals surface area contributed by atoms with Crippen molar-refractivity contribution in [1.29, 1.82) is 0 Å². The normalized spacial score (nSPS) is 28.0. The second-order valence-corrected chi connectivity index (χ2v) is 9.61. The zero-order valence-corrected chi connectivity index (χ0v) is 18.1. The highest BCUT2D eigenvalue weighted by Gasteiger charge is 2.67. The predicted octanol–water partition coefficient (Wildman–Crippen LogP) is 1.63. The van der Waals surface area contributed by atoms with E-state index in [1.54, 1.807) is 24.3 Å². The zero-order chi connectivity index (χ0) is 23.2. The average molecular weight is 468 g/mol. The van der Waals surface area contributed by atoms with Crippen LogP contribution in [-0.4, -0.2) is 62.8 Å². The smallest absolute Gasteiger partial charge is 0.325 e. The number of benzene rings is 2. The van der Waals surface area contributed by atoms with Crippen molar-refractivity contribution in [3.8, 4) is 0 Å². The first-order valence-corrected chi connectivity index (χ1v) is 11.2. The van der Waals surface area contributed by atoms with Gasteiger partial charge in [0, 0.05) is 0 Å². The van der Waals surface area contributed by atoms with E-state index in [2.05, 4.69) is 5.32 Å². The number of carbonyl (C=O) groups is 4. The summed E-state index contributed by atoms with van der Waals surface area (Å²) in [5, 5.41) is 11.7. The SMILES string of the molecule is O=C(O)CC1NC(C(=O)OCc2ccccc2)C2(COC2N2C(=O)c3ccccc3C2=O)S1. The van der Waals surface area contributed by atoms with Crippen LogP contribution in [0.1, 0.15) is 32.7 Å². The third kappa shape index (κ3) is 3.60. The van der Waals surface area contributed by atoms with Crippen LogP contribution in [0, 0.1) is 0 Å². The molecule has 2 amide bonds. The molecule has 2 fully saturated rings. The monoisotopic (exact) mass is 468 g/mol. The molecule has 0 radical (unpaired) electrons. The highest BCUT2D eigenvalue weighted by atomic mass is 32.2. The molecule has 170 valence electrons. The minimum Gasteiger partial charge on any atom is -0.481 e. The molecular formula is C23H20N2O7S. The third-order valence-electron chi connectivity index (χ3n) is 5.97. The molecule has 0 bridgehead atoms. The summed E-state index contributed by atoms with van der Waals surface area (Å²) in [4.78, 5) is 51.5. The van der Waals surface area contributed by atoms with Crippen LogP contribution in [0.15, 0.2) is 54.6 Å². The molecule has 4 atom stereocenters. The maximum atomic E-state index is 13.1. The highest BCUT2D eigenvalue weighted by molar-refractivity contribution is 8.01. The number of esters is 1. The second-order valence-electron chi connectivity index (χ2n) is 8.04. The van der Waals surface area contributed by atoms with E-state index in [4.69, 9.17) is 9.47 Å². The Labute approximate surface area is 193 Å². The fourth-order valence-corrected chi connectivity index (χ4v) is 6.07.